The van der Waals surface area contributed by atoms with Gasteiger partial charge in [-0.3, -0.25) is 10.3 Å². The Bertz CT molecular complexity index is 628. The van der Waals surface area contributed by atoms with Gasteiger partial charge in [-0.25, -0.2) is 0 Å². The second kappa shape index (κ2) is 5.76. The van der Waals surface area contributed by atoms with Gasteiger partial charge < -0.3 is 10.5 Å². The lowest BCUT2D eigenvalue weighted by atomic mass is 9.94. The van der Waals surface area contributed by atoms with E-state index in [0.717, 1.165) is 35.4 Å². The molecule has 0 aromatic heterocycles. The smallest absolute Gasteiger partial charge is 0.124 e. The topological polar surface area (TPSA) is 58.7 Å². The first-order chi connectivity index (χ1) is 10.2. The van der Waals surface area contributed by atoms with E-state index in [0.29, 0.717) is 6.54 Å². The maximum Gasteiger partial charge on any atom is 0.124 e. The lowest BCUT2D eigenvalue weighted by Crippen LogP contribution is -2.41. The molecule has 0 spiro atoms. The summed E-state index contributed by atoms with van der Waals surface area (Å²) < 4.78 is 5.49. The maximum absolute atomic E-state index is 10.0. The molecule has 0 fully saturated rings. The van der Waals surface area contributed by atoms with Crippen molar-refractivity contribution in [3.8, 4) is 5.75 Å². The lowest BCUT2D eigenvalue weighted by molar-refractivity contribution is 0.238. The number of nitrogens with zero attached hydrogens (tertiary/aromatic N) is 1. The second-order valence-corrected chi connectivity index (χ2v) is 5.50. The standard InChI is InChI=1S/C17H20N2O2/c1-21-17-10-16-13(9-15(18)11-19(16)20)8-14(17)7-12-5-3-2-4-6-12/h2-6,8,10,15,20H,7,9,11,18H2,1H3/t15-/m0/s1. The summed E-state index contributed by atoms with van der Waals surface area (Å²) in [4.78, 5) is 0. The van der Waals surface area contributed by atoms with Gasteiger partial charge >= 0.3 is 0 Å². The van der Waals surface area contributed by atoms with Gasteiger partial charge in [0, 0.05) is 18.5 Å². The first kappa shape index (κ1) is 13.9. The summed E-state index contributed by atoms with van der Waals surface area (Å²) in [5, 5.41) is 11.3. The number of hydroxylamine groups is 1. The van der Waals surface area contributed by atoms with Crippen LogP contribution >= 0.6 is 0 Å². The van der Waals surface area contributed by atoms with Crippen LogP contribution in [0.3, 0.4) is 0 Å². The average molecular weight is 284 g/mol. The summed E-state index contributed by atoms with van der Waals surface area (Å²) in [7, 11) is 1.66. The maximum atomic E-state index is 10.0. The van der Waals surface area contributed by atoms with Gasteiger partial charge in [-0.1, -0.05) is 30.3 Å². The Morgan fingerprint density at radius 1 is 1.29 bits per heavy atom. The molecule has 3 N–H and O–H groups in total. The van der Waals surface area contributed by atoms with Gasteiger partial charge in [0.1, 0.15) is 5.75 Å². The number of methoxy groups -OCH3 is 1. The first-order valence-electron chi connectivity index (χ1n) is 7.13. The fourth-order valence-corrected chi connectivity index (χ4v) is 2.88. The van der Waals surface area contributed by atoms with Crippen molar-refractivity contribution in [2.45, 2.75) is 18.9 Å². The third kappa shape index (κ3) is 2.86. The van der Waals surface area contributed by atoms with Crippen molar-refractivity contribution in [2.24, 2.45) is 5.73 Å². The van der Waals surface area contributed by atoms with Crippen molar-refractivity contribution in [1.82, 2.24) is 0 Å². The van der Waals surface area contributed by atoms with Gasteiger partial charge in [-0.15, -0.1) is 0 Å². The fourth-order valence-electron chi connectivity index (χ4n) is 2.88. The molecule has 4 nitrogen and oxygen atoms in total. The number of hydrogen-bond donors (Lipinski definition) is 2. The molecule has 1 aliphatic heterocycles. The van der Waals surface area contributed by atoms with Crippen molar-refractivity contribution < 1.29 is 9.94 Å². The summed E-state index contributed by atoms with van der Waals surface area (Å²) in [6.07, 6.45) is 1.58. The van der Waals surface area contributed by atoms with Crippen LogP contribution in [0.1, 0.15) is 16.7 Å². The molecule has 21 heavy (non-hydrogen) atoms. The van der Waals surface area contributed by atoms with Crippen LogP contribution in [0.15, 0.2) is 42.5 Å². The molecule has 0 saturated carbocycles. The fraction of sp³-hybridized carbons (Fsp3) is 0.294. The van der Waals surface area contributed by atoms with Gasteiger partial charge in [-0.2, -0.15) is 0 Å². The van der Waals surface area contributed by atoms with Crippen molar-refractivity contribution in [3.05, 3.63) is 59.2 Å². The van der Waals surface area contributed by atoms with Crippen LogP contribution in [0.25, 0.3) is 0 Å². The molecule has 0 aliphatic carbocycles. The predicted molar refractivity (Wildman–Crippen MR) is 83.1 cm³/mol. The molecule has 0 amide bonds. The minimum absolute atomic E-state index is 0.0412. The Balaban J connectivity index is 1.98. The highest BCUT2D eigenvalue weighted by Crippen LogP contribution is 2.33. The number of benzene rings is 2. The van der Waals surface area contributed by atoms with E-state index < -0.39 is 0 Å². The van der Waals surface area contributed by atoms with Crippen LogP contribution < -0.4 is 15.5 Å². The molecule has 0 saturated heterocycles. The van der Waals surface area contributed by atoms with E-state index in [1.54, 1.807) is 7.11 Å². The minimum atomic E-state index is -0.0412. The van der Waals surface area contributed by atoms with Crippen molar-refractivity contribution in [3.63, 3.8) is 0 Å². The Hall–Kier alpha value is -2.04. The summed E-state index contributed by atoms with van der Waals surface area (Å²) in [6.45, 7) is 0.453. The summed E-state index contributed by atoms with van der Waals surface area (Å²) in [5.74, 6) is 0.798. The van der Waals surface area contributed by atoms with E-state index in [2.05, 4.69) is 18.2 Å². The average Bonchev–Trinajstić information content (AvgIpc) is 2.47. The van der Waals surface area contributed by atoms with Gasteiger partial charge in [0.15, 0.2) is 0 Å². The Kier molecular flexibility index (Phi) is 3.82. The SMILES string of the molecule is COc1cc2c(cc1Cc1ccccc1)C[C@H](N)CN2O. The van der Waals surface area contributed by atoms with Crippen LogP contribution in [0.4, 0.5) is 5.69 Å². The highest BCUT2D eigenvalue weighted by Gasteiger charge is 2.23. The first-order valence-corrected chi connectivity index (χ1v) is 7.13. The second-order valence-electron chi connectivity index (χ2n) is 5.50. The van der Waals surface area contributed by atoms with E-state index in [1.165, 1.54) is 10.6 Å². The van der Waals surface area contributed by atoms with Gasteiger partial charge in [0.05, 0.1) is 19.3 Å². The summed E-state index contributed by atoms with van der Waals surface area (Å²) >= 11 is 0. The normalized spacial score (nSPS) is 17.5. The number of ether oxygens (including phenoxy) is 1. The number of nitrogens with two attached hydrogens (primary N) is 1. The van der Waals surface area contributed by atoms with Crippen LogP contribution in [-0.2, 0) is 12.8 Å². The zero-order valence-electron chi connectivity index (χ0n) is 12.1. The quantitative estimate of drug-likeness (QED) is 0.908. The molecule has 1 heterocycles. The molecule has 1 aliphatic rings. The molecule has 2 aromatic rings. The highest BCUT2D eigenvalue weighted by molar-refractivity contribution is 5.61. The van der Waals surface area contributed by atoms with E-state index >= 15 is 0 Å². The number of anilines is 1. The van der Waals surface area contributed by atoms with Crippen LogP contribution in [-0.4, -0.2) is 24.9 Å². The molecule has 4 heteroatoms. The van der Waals surface area contributed by atoms with Crippen molar-refractivity contribution >= 4 is 5.69 Å². The van der Waals surface area contributed by atoms with Gasteiger partial charge in [0.2, 0.25) is 0 Å². The zero-order chi connectivity index (χ0) is 14.8. The number of fused-ring (bicyclic) bond motifs is 1. The Morgan fingerprint density at radius 3 is 2.76 bits per heavy atom. The molecular formula is C17H20N2O2. The van der Waals surface area contributed by atoms with E-state index in [4.69, 9.17) is 10.5 Å². The predicted octanol–water partition coefficient (Wildman–Crippen LogP) is 2.36. The van der Waals surface area contributed by atoms with Crippen molar-refractivity contribution in [2.75, 3.05) is 18.7 Å². The van der Waals surface area contributed by atoms with Crippen LogP contribution in [0, 0.1) is 0 Å². The summed E-state index contributed by atoms with van der Waals surface area (Å²) in [6, 6.07) is 14.2. The van der Waals surface area contributed by atoms with Gasteiger partial charge in [-0.05, 0) is 29.2 Å². The Morgan fingerprint density at radius 2 is 2.05 bits per heavy atom. The number of hydrogen-bond acceptors (Lipinski definition) is 4. The van der Waals surface area contributed by atoms with E-state index in [-0.39, 0.29) is 6.04 Å². The molecule has 110 valence electrons. The zero-order valence-corrected chi connectivity index (χ0v) is 12.1. The minimum Gasteiger partial charge on any atom is -0.496 e. The lowest BCUT2D eigenvalue weighted by Gasteiger charge is -2.30. The largest absolute Gasteiger partial charge is 0.496 e. The van der Waals surface area contributed by atoms with E-state index in [9.17, 15) is 5.21 Å². The molecule has 0 unspecified atom stereocenters. The molecular weight excluding hydrogens is 264 g/mol. The Labute approximate surface area is 124 Å². The van der Waals surface area contributed by atoms with Crippen LogP contribution in [0.5, 0.6) is 5.75 Å². The molecule has 2 aromatic carbocycles. The van der Waals surface area contributed by atoms with E-state index in [1.807, 2.05) is 24.3 Å². The highest BCUT2D eigenvalue weighted by atomic mass is 16.5. The van der Waals surface area contributed by atoms with Crippen LogP contribution in [0.2, 0.25) is 0 Å². The monoisotopic (exact) mass is 284 g/mol. The van der Waals surface area contributed by atoms with Gasteiger partial charge in [0.25, 0.3) is 0 Å². The number of rotatable bonds is 3. The third-order valence-corrected chi connectivity index (χ3v) is 3.89. The third-order valence-electron chi connectivity index (χ3n) is 3.89. The molecule has 1 atom stereocenters. The van der Waals surface area contributed by atoms with Crippen molar-refractivity contribution in [1.29, 1.82) is 0 Å². The molecule has 0 radical (unpaired) electrons. The molecule has 0 bridgehead atoms. The summed E-state index contributed by atoms with van der Waals surface area (Å²) in [5.41, 5.74) is 10.2. The molecule has 3 rings (SSSR count).